The summed E-state index contributed by atoms with van der Waals surface area (Å²) in [5, 5.41) is 7.14. The van der Waals surface area contributed by atoms with Gasteiger partial charge in [-0.15, -0.1) is 11.3 Å². The lowest BCUT2D eigenvalue weighted by Gasteiger charge is -2.20. The Balaban J connectivity index is 1.48. The lowest BCUT2D eigenvalue weighted by Crippen LogP contribution is -2.32. The highest BCUT2D eigenvalue weighted by Gasteiger charge is 2.26. The number of amides is 2. The Kier molecular flexibility index (Phi) is 6.42. The maximum absolute atomic E-state index is 12.7. The average molecular weight is 438 g/mol. The lowest BCUT2D eigenvalue weighted by atomic mass is 9.93. The number of benzene rings is 1. The van der Waals surface area contributed by atoms with Crippen LogP contribution in [-0.4, -0.2) is 23.2 Å². The van der Waals surface area contributed by atoms with Gasteiger partial charge in [0.25, 0.3) is 0 Å². The van der Waals surface area contributed by atoms with Crippen molar-refractivity contribution in [3.63, 3.8) is 0 Å². The minimum atomic E-state index is -0.369. The van der Waals surface area contributed by atoms with E-state index in [1.54, 1.807) is 31.2 Å². The van der Waals surface area contributed by atoms with E-state index >= 15 is 0 Å². The van der Waals surface area contributed by atoms with E-state index in [4.69, 9.17) is 4.74 Å². The number of aryl methyl sites for hydroxylation is 1. The zero-order chi connectivity index (χ0) is 21.8. The molecule has 31 heavy (non-hydrogen) atoms. The van der Waals surface area contributed by atoms with Crippen LogP contribution in [0.2, 0.25) is 0 Å². The van der Waals surface area contributed by atoms with Gasteiger partial charge in [-0.1, -0.05) is 0 Å². The minimum Gasteiger partial charge on any atom is -0.462 e. The van der Waals surface area contributed by atoms with Crippen molar-refractivity contribution in [2.75, 3.05) is 11.9 Å². The molecule has 2 N–H and O–H groups in total. The first-order valence-corrected chi connectivity index (χ1v) is 11.5. The van der Waals surface area contributed by atoms with E-state index in [-0.39, 0.29) is 18.0 Å². The highest BCUT2D eigenvalue weighted by Crippen LogP contribution is 2.40. The molecule has 4 rings (SSSR count). The standard InChI is InChI=1S/C24H27N3O3S/c1-3-30-23(28)17-10-12-18(13-11-17)26-24(29)25-16(2)21-19-8-4-5-9-20(19)31-22(21)27-14-6-7-15-27/h6-7,10-16H,3-5,8-9H2,1-2H3,(H2,25,26,29). The van der Waals surface area contributed by atoms with Gasteiger partial charge in [-0.25, -0.2) is 9.59 Å². The molecule has 2 heterocycles. The van der Waals surface area contributed by atoms with Crippen molar-refractivity contribution in [3.05, 3.63) is 70.4 Å². The number of carbonyl (C=O) groups is 2. The highest BCUT2D eigenvalue weighted by molar-refractivity contribution is 7.15. The summed E-state index contributed by atoms with van der Waals surface area (Å²) in [5.74, 6) is -0.369. The molecule has 6 nitrogen and oxygen atoms in total. The first-order chi connectivity index (χ1) is 15.1. The van der Waals surface area contributed by atoms with Crippen LogP contribution in [0.4, 0.5) is 10.5 Å². The normalized spacial score (nSPS) is 13.9. The molecule has 0 saturated carbocycles. The van der Waals surface area contributed by atoms with Gasteiger partial charge in [0.05, 0.1) is 18.2 Å². The maximum atomic E-state index is 12.7. The van der Waals surface area contributed by atoms with Crippen molar-refractivity contribution in [2.24, 2.45) is 0 Å². The van der Waals surface area contributed by atoms with Crippen molar-refractivity contribution in [3.8, 4) is 5.00 Å². The van der Waals surface area contributed by atoms with E-state index in [9.17, 15) is 9.59 Å². The van der Waals surface area contributed by atoms with Gasteiger partial charge in [0.15, 0.2) is 0 Å². The Bertz CT molecular complexity index is 1050. The summed E-state index contributed by atoms with van der Waals surface area (Å²) in [7, 11) is 0. The molecule has 2 amide bonds. The lowest BCUT2D eigenvalue weighted by molar-refractivity contribution is 0.0526. The van der Waals surface area contributed by atoms with Gasteiger partial charge >= 0.3 is 12.0 Å². The third kappa shape index (κ3) is 4.66. The number of aromatic nitrogens is 1. The summed E-state index contributed by atoms with van der Waals surface area (Å²) in [4.78, 5) is 25.9. The number of esters is 1. The third-order valence-electron chi connectivity index (χ3n) is 5.47. The molecule has 7 heteroatoms. The molecule has 0 fully saturated rings. The van der Waals surface area contributed by atoms with Crippen molar-refractivity contribution >= 4 is 29.0 Å². The molecule has 1 aliphatic carbocycles. The summed E-state index contributed by atoms with van der Waals surface area (Å²) in [6, 6.07) is 10.3. The first kappa shape index (κ1) is 21.2. The predicted molar refractivity (Wildman–Crippen MR) is 123 cm³/mol. The van der Waals surface area contributed by atoms with Gasteiger partial charge in [0.1, 0.15) is 5.00 Å². The molecule has 2 aromatic heterocycles. The highest BCUT2D eigenvalue weighted by atomic mass is 32.1. The fraction of sp³-hybridized carbons (Fsp3) is 0.333. The van der Waals surface area contributed by atoms with Crippen LogP contribution in [0, 0.1) is 0 Å². The Hall–Kier alpha value is -3.06. The Morgan fingerprint density at radius 1 is 1.13 bits per heavy atom. The molecule has 0 bridgehead atoms. The van der Waals surface area contributed by atoms with Crippen LogP contribution in [0.15, 0.2) is 48.8 Å². The van der Waals surface area contributed by atoms with Crippen molar-refractivity contribution in [2.45, 2.75) is 45.6 Å². The third-order valence-corrected chi connectivity index (χ3v) is 6.79. The van der Waals surface area contributed by atoms with E-state index < -0.39 is 0 Å². The van der Waals surface area contributed by atoms with Crippen LogP contribution in [0.3, 0.4) is 0 Å². The largest absolute Gasteiger partial charge is 0.462 e. The van der Waals surface area contributed by atoms with E-state index in [1.807, 2.05) is 30.4 Å². The molecule has 1 atom stereocenters. The molecule has 1 aliphatic rings. The van der Waals surface area contributed by atoms with E-state index in [2.05, 4.69) is 27.6 Å². The quantitative estimate of drug-likeness (QED) is 0.502. The van der Waals surface area contributed by atoms with Crippen LogP contribution in [0.25, 0.3) is 5.00 Å². The van der Waals surface area contributed by atoms with E-state index in [0.717, 1.165) is 12.8 Å². The zero-order valence-electron chi connectivity index (χ0n) is 17.8. The molecule has 162 valence electrons. The SMILES string of the molecule is CCOC(=O)c1ccc(NC(=O)NC(C)c2c(-n3cccc3)sc3c2CCCC3)cc1. The fourth-order valence-corrected chi connectivity index (χ4v) is 5.48. The molecular weight excluding hydrogens is 410 g/mol. The van der Waals surface area contributed by atoms with Crippen LogP contribution >= 0.6 is 11.3 Å². The molecule has 3 aromatic rings. The van der Waals surface area contributed by atoms with Gasteiger partial charge < -0.3 is 19.9 Å². The fourth-order valence-electron chi connectivity index (χ4n) is 4.02. The maximum Gasteiger partial charge on any atom is 0.338 e. The molecule has 1 aromatic carbocycles. The number of nitrogens with zero attached hydrogens (tertiary/aromatic N) is 1. The topological polar surface area (TPSA) is 72.4 Å². The summed E-state index contributed by atoms with van der Waals surface area (Å²) in [5.41, 5.74) is 3.69. The number of anilines is 1. The van der Waals surface area contributed by atoms with Crippen molar-refractivity contribution < 1.29 is 14.3 Å². The molecule has 0 radical (unpaired) electrons. The van der Waals surface area contributed by atoms with Gasteiger partial charge in [-0.05, 0) is 81.5 Å². The minimum absolute atomic E-state index is 0.130. The van der Waals surface area contributed by atoms with Gasteiger partial charge in [0.2, 0.25) is 0 Å². The second kappa shape index (κ2) is 9.39. The summed E-state index contributed by atoms with van der Waals surface area (Å²) in [6.45, 7) is 4.13. The van der Waals surface area contributed by atoms with Crippen LogP contribution in [-0.2, 0) is 17.6 Å². The number of thiophene rings is 1. The number of urea groups is 1. The number of hydrogen-bond donors (Lipinski definition) is 2. The number of fused-ring (bicyclic) bond motifs is 1. The second-order valence-electron chi connectivity index (χ2n) is 7.64. The molecule has 0 saturated heterocycles. The molecule has 0 spiro atoms. The molecular formula is C24H27N3O3S. The van der Waals surface area contributed by atoms with E-state index in [1.165, 1.54) is 33.8 Å². The number of carbonyl (C=O) groups excluding carboxylic acids is 2. The van der Waals surface area contributed by atoms with Crippen molar-refractivity contribution in [1.82, 2.24) is 9.88 Å². The monoisotopic (exact) mass is 437 g/mol. The summed E-state index contributed by atoms with van der Waals surface area (Å²) in [6.07, 6.45) is 8.69. The van der Waals surface area contributed by atoms with Crippen LogP contribution < -0.4 is 10.6 Å². The number of rotatable bonds is 6. The number of nitrogens with one attached hydrogen (secondary N) is 2. The van der Waals surface area contributed by atoms with Gasteiger partial charge in [-0.2, -0.15) is 0 Å². The number of ether oxygens (including phenoxy) is 1. The Morgan fingerprint density at radius 3 is 2.55 bits per heavy atom. The molecule has 0 aliphatic heterocycles. The van der Waals surface area contributed by atoms with Crippen molar-refractivity contribution in [1.29, 1.82) is 0 Å². The molecule has 1 unspecified atom stereocenters. The van der Waals surface area contributed by atoms with E-state index in [0.29, 0.717) is 17.9 Å². The Labute approximate surface area is 186 Å². The van der Waals surface area contributed by atoms with Crippen LogP contribution in [0.1, 0.15) is 59.1 Å². The number of hydrogen-bond acceptors (Lipinski definition) is 4. The van der Waals surface area contributed by atoms with Gasteiger partial charge in [-0.3, -0.25) is 0 Å². The van der Waals surface area contributed by atoms with Crippen LogP contribution in [0.5, 0.6) is 0 Å². The zero-order valence-corrected chi connectivity index (χ0v) is 18.6. The Morgan fingerprint density at radius 2 is 1.84 bits per heavy atom. The predicted octanol–water partition coefficient (Wildman–Crippen LogP) is 5.48. The first-order valence-electron chi connectivity index (χ1n) is 10.7. The average Bonchev–Trinajstić information content (AvgIpc) is 3.42. The summed E-state index contributed by atoms with van der Waals surface area (Å²) < 4.78 is 7.13. The smallest absolute Gasteiger partial charge is 0.338 e. The van der Waals surface area contributed by atoms with Gasteiger partial charge in [0, 0.05) is 28.5 Å². The second-order valence-corrected chi connectivity index (χ2v) is 8.72. The summed E-state index contributed by atoms with van der Waals surface area (Å²) >= 11 is 1.83.